The Kier molecular flexibility index (Phi) is 3.28. The summed E-state index contributed by atoms with van der Waals surface area (Å²) in [6.45, 7) is 2.11. The van der Waals surface area contributed by atoms with Crippen LogP contribution in [0, 0.1) is 6.92 Å². The summed E-state index contributed by atoms with van der Waals surface area (Å²) in [4.78, 5) is 2.37. The predicted molar refractivity (Wildman–Crippen MR) is 108 cm³/mol. The van der Waals surface area contributed by atoms with Crippen molar-refractivity contribution < 1.29 is 0 Å². The molecule has 2 aliphatic carbocycles. The first-order valence-corrected chi connectivity index (χ1v) is 8.99. The van der Waals surface area contributed by atoms with E-state index < -0.39 is 0 Å². The number of allylic oxidation sites excluding steroid dienone is 6. The number of rotatable bonds is 2. The normalized spacial score (nSPS) is 22.3. The number of aryl methyl sites for hydroxylation is 1. The summed E-state index contributed by atoms with van der Waals surface area (Å²) in [5.74, 6) is 0.578. The van der Waals surface area contributed by atoms with Crippen LogP contribution in [-0.2, 0) is 0 Å². The Labute approximate surface area is 154 Å². The Morgan fingerprint density at radius 1 is 1.08 bits per heavy atom. The molecule has 2 nitrogen and oxygen atoms in total. The van der Waals surface area contributed by atoms with Crippen molar-refractivity contribution in [2.75, 3.05) is 10.6 Å². The fraction of sp³-hybridized carbons (Fsp3) is 0.125. The standard InChI is InChI=1S/C24H20N2/c1-16-13-17(15-18(25)14-16)20-10-6-12-23-24(20)21-9-4-5-11-22(21)26(23)19-7-2-3-8-19/h2,4-15,20,24H,25H2,1H3. The Balaban J connectivity index is 1.67. The molecule has 2 heteroatoms. The molecule has 0 spiro atoms. The summed E-state index contributed by atoms with van der Waals surface area (Å²) in [5, 5.41) is 0. The van der Waals surface area contributed by atoms with Gasteiger partial charge in [0.25, 0.3) is 0 Å². The Morgan fingerprint density at radius 3 is 2.77 bits per heavy atom. The van der Waals surface area contributed by atoms with Crippen LogP contribution in [0.1, 0.15) is 28.5 Å². The van der Waals surface area contributed by atoms with Gasteiger partial charge in [0.1, 0.15) is 0 Å². The van der Waals surface area contributed by atoms with E-state index in [0.717, 1.165) is 5.69 Å². The molecule has 0 saturated heterocycles. The summed E-state index contributed by atoms with van der Waals surface area (Å²) < 4.78 is 0. The molecule has 0 saturated carbocycles. The maximum Gasteiger partial charge on any atom is 0.0541 e. The molecule has 3 aliphatic rings. The average molecular weight is 336 g/mol. The van der Waals surface area contributed by atoms with E-state index in [-0.39, 0.29) is 5.92 Å². The summed E-state index contributed by atoms with van der Waals surface area (Å²) in [6, 6.07) is 15.1. The van der Waals surface area contributed by atoms with Crippen LogP contribution in [0.25, 0.3) is 0 Å². The fourth-order valence-corrected chi connectivity index (χ4v) is 4.41. The first-order valence-electron chi connectivity index (χ1n) is 8.99. The van der Waals surface area contributed by atoms with Crippen LogP contribution in [0.15, 0.2) is 96.0 Å². The van der Waals surface area contributed by atoms with Gasteiger partial charge in [-0.05, 0) is 60.0 Å². The number of fused-ring (bicyclic) bond motifs is 3. The van der Waals surface area contributed by atoms with Crippen LogP contribution in [0.5, 0.6) is 0 Å². The number of benzene rings is 2. The smallest absolute Gasteiger partial charge is 0.0541 e. The van der Waals surface area contributed by atoms with Crippen molar-refractivity contribution in [2.24, 2.45) is 0 Å². The summed E-state index contributed by atoms with van der Waals surface area (Å²) >= 11 is 0. The van der Waals surface area contributed by atoms with Gasteiger partial charge in [-0.1, -0.05) is 36.4 Å². The summed E-state index contributed by atoms with van der Waals surface area (Å²) in [6.07, 6.45) is 12.9. The Bertz CT molecular complexity index is 1040. The van der Waals surface area contributed by atoms with Crippen LogP contribution in [0.4, 0.5) is 11.4 Å². The largest absolute Gasteiger partial charge is 0.399 e. The van der Waals surface area contributed by atoms with E-state index >= 15 is 0 Å². The number of para-hydroxylation sites is 1. The number of nitrogens with two attached hydrogens (primary N) is 1. The highest BCUT2D eigenvalue weighted by atomic mass is 15.2. The van der Waals surface area contributed by atoms with E-state index in [1.807, 2.05) is 12.1 Å². The molecular formula is C24H20N2. The molecule has 2 unspecified atom stereocenters. The van der Waals surface area contributed by atoms with E-state index in [4.69, 9.17) is 5.73 Å². The van der Waals surface area contributed by atoms with Crippen LogP contribution in [-0.4, -0.2) is 0 Å². The van der Waals surface area contributed by atoms with Crippen LogP contribution in [0.2, 0.25) is 0 Å². The van der Waals surface area contributed by atoms with Gasteiger partial charge in [-0.15, -0.1) is 5.73 Å². The van der Waals surface area contributed by atoms with Crippen molar-refractivity contribution in [3.63, 3.8) is 0 Å². The van der Waals surface area contributed by atoms with Gasteiger partial charge in [0, 0.05) is 35.0 Å². The number of anilines is 2. The van der Waals surface area contributed by atoms with E-state index in [1.165, 1.54) is 33.8 Å². The lowest BCUT2D eigenvalue weighted by molar-refractivity contribution is 0.705. The minimum atomic E-state index is 0.280. The molecular weight excluding hydrogens is 316 g/mol. The van der Waals surface area contributed by atoms with Crippen molar-refractivity contribution in [3.8, 4) is 0 Å². The number of nitrogen functional groups attached to an aromatic ring is 1. The second-order valence-corrected chi connectivity index (χ2v) is 7.12. The molecule has 2 atom stereocenters. The highest BCUT2D eigenvalue weighted by Crippen LogP contribution is 2.54. The third kappa shape index (κ3) is 2.20. The quantitative estimate of drug-likeness (QED) is 0.593. The molecule has 0 bridgehead atoms. The van der Waals surface area contributed by atoms with Crippen molar-refractivity contribution in [1.29, 1.82) is 0 Å². The van der Waals surface area contributed by atoms with Crippen molar-refractivity contribution >= 4 is 11.4 Å². The molecule has 1 heterocycles. The molecule has 126 valence electrons. The van der Waals surface area contributed by atoms with Crippen molar-refractivity contribution in [2.45, 2.75) is 18.8 Å². The average Bonchev–Trinajstić information content (AvgIpc) is 3.26. The molecule has 26 heavy (non-hydrogen) atoms. The van der Waals surface area contributed by atoms with Gasteiger partial charge >= 0.3 is 0 Å². The molecule has 2 aromatic carbocycles. The van der Waals surface area contributed by atoms with Gasteiger partial charge in [0.2, 0.25) is 0 Å². The van der Waals surface area contributed by atoms with E-state index in [2.05, 4.69) is 84.3 Å². The maximum absolute atomic E-state index is 6.15. The van der Waals surface area contributed by atoms with Gasteiger partial charge in [-0.3, -0.25) is 0 Å². The molecule has 5 rings (SSSR count). The fourth-order valence-electron chi connectivity index (χ4n) is 4.41. The molecule has 0 amide bonds. The second-order valence-electron chi connectivity index (χ2n) is 7.12. The highest BCUT2D eigenvalue weighted by Gasteiger charge is 2.40. The zero-order valence-electron chi connectivity index (χ0n) is 14.7. The van der Waals surface area contributed by atoms with Crippen LogP contribution >= 0.6 is 0 Å². The molecule has 0 radical (unpaired) electrons. The first-order chi connectivity index (χ1) is 12.7. The lowest BCUT2D eigenvalue weighted by Gasteiger charge is -2.29. The van der Waals surface area contributed by atoms with E-state index in [9.17, 15) is 0 Å². The predicted octanol–water partition coefficient (Wildman–Crippen LogP) is 5.33. The topological polar surface area (TPSA) is 29.3 Å². The lowest BCUT2D eigenvalue weighted by atomic mass is 9.78. The monoisotopic (exact) mass is 336 g/mol. The second kappa shape index (κ2) is 5.66. The van der Waals surface area contributed by atoms with Crippen molar-refractivity contribution in [1.82, 2.24) is 0 Å². The molecule has 2 aromatic rings. The maximum atomic E-state index is 6.15. The molecule has 0 aromatic heterocycles. The van der Waals surface area contributed by atoms with Gasteiger partial charge in [0.05, 0.1) is 5.70 Å². The van der Waals surface area contributed by atoms with Gasteiger partial charge in [-0.25, -0.2) is 0 Å². The van der Waals surface area contributed by atoms with Crippen LogP contribution in [0.3, 0.4) is 0 Å². The molecule has 0 fully saturated rings. The summed E-state index contributed by atoms with van der Waals surface area (Å²) in [5.41, 5.74) is 17.8. The highest BCUT2D eigenvalue weighted by molar-refractivity contribution is 5.76. The molecule has 1 aliphatic heterocycles. The SMILES string of the molecule is Cc1cc(N)cc(C2C=CC=C3C2c2ccccc2N3C2=CC=C=C2)c1. The summed E-state index contributed by atoms with van der Waals surface area (Å²) in [7, 11) is 0. The van der Waals surface area contributed by atoms with E-state index in [0.29, 0.717) is 5.92 Å². The van der Waals surface area contributed by atoms with Gasteiger partial charge in [0.15, 0.2) is 0 Å². The third-order valence-electron chi connectivity index (χ3n) is 5.38. The zero-order valence-corrected chi connectivity index (χ0v) is 14.7. The number of hydrogen-bond acceptors (Lipinski definition) is 2. The Hall–Kier alpha value is -3.22. The zero-order chi connectivity index (χ0) is 17.7. The number of hydrogen-bond donors (Lipinski definition) is 1. The Morgan fingerprint density at radius 2 is 1.96 bits per heavy atom. The first kappa shape index (κ1) is 15.1. The van der Waals surface area contributed by atoms with E-state index in [1.54, 1.807) is 0 Å². The van der Waals surface area contributed by atoms with Crippen LogP contribution < -0.4 is 10.6 Å². The molecule has 2 N–H and O–H groups in total. The number of nitrogens with zero attached hydrogens (tertiary/aromatic N) is 1. The van der Waals surface area contributed by atoms with Gasteiger partial charge < -0.3 is 10.6 Å². The van der Waals surface area contributed by atoms with Crippen molar-refractivity contribution in [3.05, 3.63) is 113 Å². The minimum absolute atomic E-state index is 0.280. The minimum Gasteiger partial charge on any atom is -0.399 e. The van der Waals surface area contributed by atoms with Gasteiger partial charge in [-0.2, -0.15) is 0 Å². The lowest BCUT2D eigenvalue weighted by Crippen LogP contribution is -2.21. The third-order valence-corrected chi connectivity index (χ3v) is 5.38.